The fourth-order valence-corrected chi connectivity index (χ4v) is 11.5. The van der Waals surface area contributed by atoms with Gasteiger partial charge in [0.05, 0.1) is 25.4 Å². The number of aliphatic hydroxyl groups is 2. The topological polar surface area (TPSA) is 95.9 Å². The summed E-state index contributed by atoms with van der Waals surface area (Å²) in [6, 6.07) is -0.542. The molecule has 0 aromatic carbocycles. The Bertz CT molecular complexity index is 1230. The molecule has 2 atom stereocenters. The molecule has 0 saturated carbocycles. The minimum Gasteiger partial charge on any atom is -0.466 e. The molecule has 0 spiro atoms. The van der Waals surface area contributed by atoms with Crippen molar-refractivity contribution in [3.8, 4) is 0 Å². The quantitative estimate of drug-likeness (QED) is 0.0320. The number of hydrogen-bond acceptors (Lipinski definition) is 5. The number of hydrogen-bond donors (Lipinski definition) is 3. The predicted octanol–water partition coefficient (Wildman–Crippen LogP) is 23.3. The van der Waals surface area contributed by atoms with Crippen LogP contribution in [0, 0.1) is 0 Å². The molecule has 0 radical (unpaired) electrons. The largest absolute Gasteiger partial charge is 0.466 e. The first-order valence-corrected chi connectivity index (χ1v) is 36.1. The zero-order valence-corrected chi connectivity index (χ0v) is 53.6. The number of ether oxygens (including phenoxy) is 1. The zero-order chi connectivity index (χ0) is 57.1. The van der Waals surface area contributed by atoms with Gasteiger partial charge in [0, 0.05) is 12.8 Å². The Morgan fingerprint density at radius 1 is 0.342 bits per heavy atom. The number of allylic oxidation sites excluding steroid dienone is 4. The maximum atomic E-state index is 12.5. The third kappa shape index (κ3) is 65.4. The van der Waals surface area contributed by atoms with Crippen molar-refractivity contribution in [1.29, 1.82) is 0 Å². The maximum absolute atomic E-state index is 12.5. The molecule has 79 heavy (non-hydrogen) atoms. The molecule has 2 unspecified atom stereocenters. The molecule has 6 nitrogen and oxygen atoms in total. The molecule has 0 fully saturated rings. The smallest absolute Gasteiger partial charge is 0.305 e. The van der Waals surface area contributed by atoms with Crippen LogP contribution < -0.4 is 5.32 Å². The molecular formula is C73H141NO5. The minimum atomic E-state index is -0.665. The van der Waals surface area contributed by atoms with Crippen molar-refractivity contribution in [1.82, 2.24) is 5.32 Å². The maximum Gasteiger partial charge on any atom is 0.305 e. The predicted molar refractivity (Wildman–Crippen MR) is 347 cm³/mol. The van der Waals surface area contributed by atoms with Crippen molar-refractivity contribution in [3.05, 3.63) is 24.3 Å². The monoisotopic (exact) mass is 1110 g/mol. The number of carbonyl (C=O) groups is 2. The lowest BCUT2D eigenvalue weighted by Crippen LogP contribution is -2.45. The highest BCUT2D eigenvalue weighted by Gasteiger charge is 2.20. The normalized spacial score (nSPS) is 12.6. The van der Waals surface area contributed by atoms with E-state index in [-0.39, 0.29) is 18.5 Å². The van der Waals surface area contributed by atoms with E-state index in [1.807, 2.05) is 0 Å². The molecule has 0 aromatic rings. The molecule has 0 bridgehead atoms. The lowest BCUT2D eigenvalue weighted by Gasteiger charge is -2.22. The lowest BCUT2D eigenvalue weighted by atomic mass is 10.0. The highest BCUT2D eigenvalue weighted by molar-refractivity contribution is 5.76. The Labute approximate surface area is 494 Å². The first kappa shape index (κ1) is 77.3. The van der Waals surface area contributed by atoms with Crippen molar-refractivity contribution < 1.29 is 24.5 Å². The van der Waals surface area contributed by atoms with Gasteiger partial charge in [-0.25, -0.2) is 0 Å². The molecule has 3 N–H and O–H groups in total. The van der Waals surface area contributed by atoms with Crippen molar-refractivity contribution in [3.63, 3.8) is 0 Å². The molecular weight excluding hydrogens is 971 g/mol. The van der Waals surface area contributed by atoms with Gasteiger partial charge in [0.1, 0.15) is 0 Å². The van der Waals surface area contributed by atoms with E-state index < -0.39 is 12.1 Å². The first-order valence-electron chi connectivity index (χ1n) is 36.1. The zero-order valence-electron chi connectivity index (χ0n) is 53.6. The summed E-state index contributed by atoms with van der Waals surface area (Å²) in [5.74, 6) is -0.0218. The van der Waals surface area contributed by atoms with E-state index in [9.17, 15) is 19.8 Å². The van der Waals surface area contributed by atoms with Crippen LogP contribution >= 0.6 is 0 Å². The van der Waals surface area contributed by atoms with Gasteiger partial charge in [-0.3, -0.25) is 9.59 Å². The van der Waals surface area contributed by atoms with Gasteiger partial charge >= 0.3 is 5.97 Å². The van der Waals surface area contributed by atoms with Crippen LogP contribution in [0.5, 0.6) is 0 Å². The number of aliphatic hydroxyl groups excluding tert-OH is 2. The second-order valence-electron chi connectivity index (χ2n) is 24.9. The second kappa shape index (κ2) is 68.8. The molecule has 0 saturated heterocycles. The van der Waals surface area contributed by atoms with Crippen LogP contribution in [0.3, 0.4) is 0 Å². The summed E-state index contributed by atoms with van der Waals surface area (Å²) in [6.45, 7) is 4.99. The Hall–Kier alpha value is -1.66. The van der Waals surface area contributed by atoms with Crippen LogP contribution in [0.4, 0.5) is 0 Å². The van der Waals surface area contributed by atoms with Crippen LogP contribution in [0.15, 0.2) is 24.3 Å². The van der Waals surface area contributed by atoms with Crippen LogP contribution in [0.25, 0.3) is 0 Å². The van der Waals surface area contributed by atoms with Crippen molar-refractivity contribution in [2.75, 3.05) is 13.2 Å². The van der Waals surface area contributed by atoms with E-state index in [0.29, 0.717) is 25.9 Å². The van der Waals surface area contributed by atoms with E-state index in [4.69, 9.17) is 4.74 Å². The Morgan fingerprint density at radius 3 is 0.899 bits per heavy atom. The number of unbranched alkanes of at least 4 members (excludes halogenated alkanes) is 53. The summed E-state index contributed by atoms with van der Waals surface area (Å²) >= 11 is 0. The fourth-order valence-electron chi connectivity index (χ4n) is 11.5. The molecule has 0 aromatic heterocycles. The van der Waals surface area contributed by atoms with Gasteiger partial charge in [-0.15, -0.1) is 0 Å². The molecule has 0 heterocycles. The lowest BCUT2D eigenvalue weighted by molar-refractivity contribution is -0.143. The van der Waals surface area contributed by atoms with Gasteiger partial charge in [0.15, 0.2) is 0 Å². The third-order valence-electron chi connectivity index (χ3n) is 17.0. The first-order chi connectivity index (χ1) is 39.0. The summed E-state index contributed by atoms with van der Waals surface area (Å²) in [6.07, 6.45) is 86.6. The van der Waals surface area contributed by atoms with Gasteiger partial charge < -0.3 is 20.3 Å². The summed E-state index contributed by atoms with van der Waals surface area (Å²) < 4.78 is 5.50. The van der Waals surface area contributed by atoms with E-state index in [1.165, 1.54) is 327 Å². The number of esters is 1. The average molecular weight is 1110 g/mol. The molecule has 6 heteroatoms. The number of nitrogens with one attached hydrogen (secondary N) is 1. The molecule has 0 aliphatic rings. The van der Waals surface area contributed by atoms with E-state index in [2.05, 4.69) is 43.5 Å². The van der Waals surface area contributed by atoms with E-state index >= 15 is 0 Å². The standard InChI is InChI=1S/C73H141NO5/c1-3-5-7-9-11-13-15-17-19-21-34-37-41-45-49-53-57-61-65-71(76)70(69-75)74-72(77)66-62-58-54-50-46-42-38-35-32-30-28-26-24-22-23-25-27-29-31-33-36-40-44-48-52-56-60-64-68-79-73(78)67-63-59-55-51-47-43-39-20-18-16-14-12-10-8-6-4-2/h20,22-23,39,70-71,75-76H,3-19,21,24-38,40-69H2,1-2H3,(H,74,77)/b23-22-,39-20-. The van der Waals surface area contributed by atoms with Crippen LogP contribution in [-0.4, -0.2) is 47.4 Å². The Morgan fingerprint density at radius 2 is 0.595 bits per heavy atom. The summed E-state index contributed by atoms with van der Waals surface area (Å²) in [4.78, 5) is 24.6. The van der Waals surface area contributed by atoms with Gasteiger partial charge in [0.25, 0.3) is 0 Å². The minimum absolute atomic E-state index is 0.00926. The number of rotatable bonds is 68. The van der Waals surface area contributed by atoms with Gasteiger partial charge in [-0.2, -0.15) is 0 Å². The van der Waals surface area contributed by atoms with E-state index in [1.54, 1.807) is 0 Å². The Kier molecular flexibility index (Phi) is 67.4. The van der Waals surface area contributed by atoms with Crippen LogP contribution in [-0.2, 0) is 14.3 Å². The van der Waals surface area contributed by atoms with Gasteiger partial charge in [-0.1, -0.05) is 340 Å². The molecule has 1 amide bonds. The molecule has 0 aliphatic heterocycles. The molecule has 0 aliphatic carbocycles. The number of carbonyl (C=O) groups excluding carboxylic acids is 2. The van der Waals surface area contributed by atoms with Crippen molar-refractivity contribution >= 4 is 11.9 Å². The SMILES string of the molecule is CCCCCCCCC/C=C\CCCCCCCC(=O)OCCCCCCCCCCCCCC/C=C\CCCCCCCCCCCCCCC(=O)NC(CO)C(O)CCCCCCCCCCCCCCCCCCCC. The molecule has 468 valence electrons. The Balaban J connectivity index is 3.37. The summed E-state index contributed by atoms with van der Waals surface area (Å²) in [5, 5.41) is 23.4. The molecule has 0 rings (SSSR count). The highest BCUT2D eigenvalue weighted by atomic mass is 16.5. The van der Waals surface area contributed by atoms with Crippen molar-refractivity contribution in [2.24, 2.45) is 0 Å². The van der Waals surface area contributed by atoms with E-state index in [0.717, 1.165) is 44.9 Å². The van der Waals surface area contributed by atoms with Gasteiger partial charge in [0.2, 0.25) is 5.91 Å². The van der Waals surface area contributed by atoms with Crippen LogP contribution in [0.2, 0.25) is 0 Å². The number of amides is 1. The van der Waals surface area contributed by atoms with Gasteiger partial charge in [-0.05, 0) is 77.0 Å². The van der Waals surface area contributed by atoms with Crippen LogP contribution in [0.1, 0.15) is 406 Å². The highest BCUT2D eigenvalue weighted by Crippen LogP contribution is 2.19. The fraction of sp³-hybridized carbons (Fsp3) is 0.918. The summed E-state index contributed by atoms with van der Waals surface area (Å²) in [7, 11) is 0. The summed E-state index contributed by atoms with van der Waals surface area (Å²) in [5.41, 5.74) is 0. The second-order valence-corrected chi connectivity index (χ2v) is 24.9. The third-order valence-corrected chi connectivity index (χ3v) is 17.0. The average Bonchev–Trinajstić information content (AvgIpc) is 3.45. The van der Waals surface area contributed by atoms with Crippen molar-refractivity contribution in [2.45, 2.75) is 418 Å².